The second kappa shape index (κ2) is 6.91. The van der Waals surface area contributed by atoms with Crippen molar-refractivity contribution in [3.8, 4) is 5.75 Å². The fourth-order valence-electron chi connectivity index (χ4n) is 1.57. The molecule has 0 spiro atoms. The highest BCUT2D eigenvalue weighted by Crippen LogP contribution is 2.19. The van der Waals surface area contributed by atoms with Crippen molar-refractivity contribution in [1.29, 1.82) is 0 Å². The van der Waals surface area contributed by atoms with Crippen LogP contribution in [0.4, 0.5) is 17.6 Å². The van der Waals surface area contributed by atoms with Crippen molar-refractivity contribution in [2.24, 2.45) is 0 Å². The quantitative estimate of drug-likeness (QED) is 0.853. The third-order valence-electron chi connectivity index (χ3n) is 2.36. The van der Waals surface area contributed by atoms with Gasteiger partial charge >= 0.3 is 0 Å². The minimum atomic E-state index is 0.143. The molecule has 7 heteroatoms. The minimum absolute atomic E-state index is 0.143. The molecule has 0 atom stereocenters. The first-order chi connectivity index (χ1) is 9.71. The number of ether oxygens (including phenoxy) is 1. The van der Waals surface area contributed by atoms with Crippen molar-refractivity contribution in [1.82, 2.24) is 15.0 Å². The highest BCUT2D eigenvalue weighted by molar-refractivity contribution is 6.28. The molecule has 0 fully saturated rings. The van der Waals surface area contributed by atoms with Crippen molar-refractivity contribution in [2.75, 3.05) is 23.8 Å². The van der Waals surface area contributed by atoms with Gasteiger partial charge in [-0.3, -0.25) is 0 Å². The maximum atomic E-state index is 5.86. The molecule has 0 saturated heterocycles. The molecule has 106 valence electrons. The van der Waals surface area contributed by atoms with Crippen LogP contribution in [0.15, 0.2) is 24.3 Å². The fraction of sp³-hybridized carbons (Fsp3) is 0.308. The summed E-state index contributed by atoms with van der Waals surface area (Å²) in [5.74, 6) is 1.66. The van der Waals surface area contributed by atoms with Crippen molar-refractivity contribution in [3.05, 3.63) is 29.5 Å². The van der Waals surface area contributed by atoms with Crippen LogP contribution in [-0.2, 0) is 0 Å². The van der Waals surface area contributed by atoms with E-state index in [-0.39, 0.29) is 5.28 Å². The Bertz CT molecular complexity index is 561. The van der Waals surface area contributed by atoms with Gasteiger partial charge in [-0.05, 0) is 49.7 Å². The lowest BCUT2D eigenvalue weighted by Gasteiger charge is -2.08. The van der Waals surface area contributed by atoms with E-state index in [1.807, 2.05) is 38.1 Å². The summed E-state index contributed by atoms with van der Waals surface area (Å²) in [5.41, 5.74) is 0.846. The lowest BCUT2D eigenvalue weighted by molar-refractivity contribution is 0.340. The standard InChI is InChI=1S/C13H16ClN5O/c1-3-15-12-17-11(14)18-13(19-12)16-9-5-7-10(8-6-9)20-4-2/h5-8H,3-4H2,1-2H3,(H2,15,16,17,18,19). The topological polar surface area (TPSA) is 72.0 Å². The van der Waals surface area contributed by atoms with E-state index in [2.05, 4.69) is 25.6 Å². The van der Waals surface area contributed by atoms with Gasteiger partial charge in [0.2, 0.25) is 17.2 Å². The largest absolute Gasteiger partial charge is 0.494 e. The van der Waals surface area contributed by atoms with E-state index >= 15 is 0 Å². The summed E-state index contributed by atoms with van der Waals surface area (Å²) in [6.45, 7) is 5.25. The van der Waals surface area contributed by atoms with Crippen molar-refractivity contribution >= 4 is 29.2 Å². The molecule has 2 rings (SSSR count). The van der Waals surface area contributed by atoms with Gasteiger partial charge in [0.05, 0.1) is 6.61 Å². The fourth-order valence-corrected chi connectivity index (χ4v) is 1.73. The predicted octanol–water partition coefficient (Wildman–Crippen LogP) is 3.10. The van der Waals surface area contributed by atoms with Gasteiger partial charge < -0.3 is 15.4 Å². The molecular weight excluding hydrogens is 278 g/mol. The Morgan fingerprint density at radius 2 is 1.75 bits per heavy atom. The van der Waals surface area contributed by atoms with Crippen LogP contribution in [0.2, 0.25) is 5.28 Å². The van der Waals surface area contributed by atoms with E-state index in [0.717, 1.165) is 11.4 Å². The molecule has 0 aliphatic carbocycles. The monoisotopic (exact) mass is 293 g/mol. The van der Waals surface area contributed by atoms with E-state index in [4.69, 9.17) is 16.3 Å². The molecule has 0 unspecified atom stereocenters. The number of halogens is 1. The Balaban J connectivity index is 2.12. The summed E-state index contributed by atoms with van der Waals surface area (Å²) in [7, 11) is 0. The van der Waals surface area contributed by atoms with Crippen molar-refractivity contribution in [3.63, 3.8) is 0 Å². The Kier molecular flexibility index (Phi) is 4.95. The van der Waals surface area contributed by atoms with E-state index in [9.17, 15) is 0 Å². The van der Waals surface area contributed by atoms with Crippen LogP contribution < -0.4 is 15.4 Å². The molecule has 0 aliphatic heterocycles. The van der Waals surface area contributed by atoms with Crippen LogP contribution in [-0.4, -0.2) is 28.1 Å². The minimum Gasteiger partial charge on any atom is -0.494 e. The van der Waals surface area contributed by atoms with Crippen LogP contribution in [0.3, 0.4) is 0 Å². The van der Waals surface area contributed by atoms with E-state index in [1.54, 1.807) is 0 Å². The Labute approximate surface area is 122 Å². The number of hydrogen-bond donors (Lipinski definition) is 2. The molecule has 0 saturated carbocycles. The van der Waals surface area contributed by atoms with Crippen molar-refractivity contribution in [2.45, 2.75) is 13.8 Å². The van der Waals surface area contributed by atoms with Gasteiger partial charge in [0.15, 0.2) is 0 Å². The van der Waals surface area contributed by atoms with Crippen LogP contribution in [0.1, 0.15) is 13.8 Å². The predicted molar refractivity (Wildman–Crippen MR) is 79.9 cm³/mol. The highest BCUT2D eigenvalue weighted by Gasteiger charge is 2.04. The highest BCUT2D eigenvalue weighted by atomic mass is 35.5. The molecule has 0 aliphatic rings. The maximum Gasteiger partial charge on any atom is 0.233 e. The van der Waals surface area contributed by atoms with E-state index < -0.39 is 0 Å². The summed E-state index contributed by atoms with van der Waals surface area (Å²) in [6, 6.07) is 7.52. The van der Waals surface area contributed by atoms with Gasteiger partial charge in [-0.2, -0.15) is 15.0 Å². The van der Waals surface area contributed by atoms with Gasteiger partial charge in [0.1, 0.15) is 5.75 Å². The summed E-state index contributed by atoms with van der Waals surface area (Å²) in [5, 5.41) is 6.21. The lowest BCUT2D eigenvalue weighted by atomic mass is 10.3. The number of anilines is 3. The number of aromatic nitrogens is 3. The Hall–Kier alpha value is -2.08. The normalized spacial score (nSPS) is 10.2. The van der Waals surface area contributed by atoms with Gasteiger partial charge in [0.25, 0.3) is 0 Å². The van der Waals surface area contributed by atoms with E-state index in [0.29, 0.717) is 25.0 Å². The third-order valence-corrected chi connectivity index (χ3v) is 2.53. The third kappa shape index (κ3) is 3.96. The zero-order valence-electron chi connectivity index (χ0n) is 11.4. The summed E-state index contributed by atoms with van der Waals surface area (Å²) in [6.07, 6.45) is 0. The van der Waals surface area contributed by atoms with Gasteiger partial charge in [-0.15, -0.1) is 0 Å². The maximum absolute atomic E-state index is 5.86. The molecule has 1 aromatic heterocycles. The Morgan fingerprint density at radius 3 is 2.40 bits per heavy atom. The zero-order valence-corrected chi connectivity index (χ0v) is 12.1. The number of nitrogens with one attached hydrogen (secondary N) is 2. The van der Waals surface area contributed by atoms with Crippen molar-refractivity contribution < 1.29 is 4.74 Å². The average Bonchev–Trinajstić information content (AvgIpc) is 2.41. The SMILES string of the molecule is CCNc1nc(Cl)nc(Nc2ccc(OCC)cc2)n1. The first-order valence-electron chi connectivity index (χ1n) is 6.36. The first kappa shape index (κ1) is 14.3. The lowest BCUT2D eigenvalue weighted by Crippen LogP contribution is -2.06. The molecule has 1 heterocycles. The smallest absolute Gasteiger partial charge is 0.233 e. The molecule has 0 amide bonds. The van der Waals surface area contributed by atoms with Crippen LogP contribution in [0.25, 0.3) is 0 Å². The Morgan fingerprint density at radius 1 is 1.05 bits per heavy atom. The summed E-state index contributed by atoms with van der Waals surface area (Å²) < 4.78 is 5.38. The van der Waals surface area contributed by atoms with Crippen LogP contribution >= 0.6 is 11.6 Å². The number of benzene rings is 1. The molecule has 2 N–H and O–H groups in total. The molecule has 6 nitrogen and oxygen atoms in total. The zero-order chi connectivity index (χ0) is 14.4. The van der Waals surface area contributed by atoms with Crippen LogP contribution in [0.5, 0.6) is 5.75 Å². The first-order valence-corrected chi connectivity index (χ1v) is 6.74. The van der Waals surface area contributed by atoms with Gasteiger partial charge in [0, 0.05) is 12.2 Å². The van der Waals surface area contributed by atoms with Crippen LogP contribution in [0, 0.1) is 0 Å². The molecule has 2 aromatic rings. The molecule has 0 radical (unpaired) electrons. The molecular formula is C13H16ClN5O. The molecule has 20 heavy (non-hydrogen) atoms. The summed E-state index contributed by atoms with van der Waals surface area (Å²) >= 11 is 5.86. The number of nitrogens with zero attached hydrogens (tertiary/aromatic N) is 3. The number of rotatable bonds is 6. The molecule has 1 aromatic carbocycles. The average molecular weight is 294 g/mol. The second-order valence-electron chi connectivity index (χ2n) is 3.86. The summed E-state index contributed by atoms with van der Waals surface area (Å²) in [4.78, 5) is 12.2. The van der Waals surface area contributed by atoms with Gasteiger partial charge in [-0.1, -0.05) is 0 Å². The van der Waals surface area contributed by atoms with E-state index in [1.165, 1.54) is 0 Å². The second-order valence-corrected chi connectivity index (χ2v) is 4.20. The number of hydrogen-bond acceptors (Lipinski definition) is 6. The van der Waals surface area contributed by atoms with Gasteiger partial charge in [-0.25, -0.2) is 0 Å². The molecule has 0 bridgehead atoms.